The summed E-state index contributed by atoms with van der Waals surface area (Å²) in [5.41, 5.74) is 4.16. The van der Waals surface area contributed by atoms with E-state index in [0.717, 1.165) is 12.1 Å². The lowest BCUT2D eigenvalue weighted by molar-refractivity contribution is -0.137. The van der Waals surface area contributed by atoms with Gasteiger partial charge >= 0.3 is 6.18 Å². The van der Waals surface area contributed by atoms with Gasteiger partial charge in [0.25, 0.3) is 0 Å². The molecule has 0 aliphatic heterocycles. The van der Waals surface area contributed by atoms with Gasteiger partial charge in [0.1, 0.15) is 11.4 Å². The largest absolute Gasteiger partial charge is 0.482 e. The first kappa shape index (κ1) is 16.9. The number of carbonyl (C=O) groups excluding carboxylic acids is 1. The van der Waals surface area contributed by atoms with Crippen molar-refractivity contribution in [3.63, 3.8) is 0 Å². The van der Waals surface area contributed by atoms with Gasteiger partial charge in [-0.15, -0.1) is 0 Å². The summed E-state index contributed by atoms with van der Waals surface area (Å²) in [6, 6.07) is 13.2. The summed E-state index contributed by atoms with van der Waals surface area (Å²) >= 11 is 0. The van der Waals surface area contributed by atoms with Crippen molar-refractivity contribution in [1.29, 1.82) is 0 Å². The maximum absolute atomic E-state index is 12.6. The number of carbonyl (C=O) groups is 1. The number of benzene rings is 2. The van der Waals surface area contributed by atoms with E-state index in [4.69, 9.17) is 10.5 Å². The zero-order chi connectivity index (χ0) is 17.1. The van der Waals surface area contributed by atoms with Gasteiger partial charge in [-0.2, -0.15) is 13.2 Å². The normalized spacial score (nSPS) is 14.1. The summed E-state index contributed by atoms with van der Waals surface area (Å²) in [4.78, 5) is 11.4. The van der Waals surface area contributed by atoms with Crippen LogP contribution >= 0.6 is 0 Å². The van der Waals surface area contributed by atoms with Crippen LogP contribution < -0.4 is 10.5 Å². The van der Waals surface area contributed by atoms with Crippen molar-refractivity contribution in [2.45, 2.75) is 25.1 Å². The monoisotopic (exact) mass is 323 g/mol. The predicted molar refractivity (Wildman–Crippen MR) is 79.7 cm³/mol. The van der Waals surface area contributed by atoms with Gasteiger partial charge in [0.15, 0.2) is 0 Å². The third-order valence-corrected chi connectivity index (χ3v) is 3.42. The van der Waals surface area contributed by atoms with Crippen LogP contribution in [0.1, 0.15) is 24.5 Å². The van der Waals surface area contributed by atoms with Crippen LogP contribution in [0, 0.1) is 0 Å². The molecule has 0 aliphatic rings. The molecule has 122 valence electrons. The van der Waals surface area contributed by atoms with Gasteiger partial charge in [-0.25, -0.2) is 0 Å². The van der Waals surface area contributed by atoms with Crippen LogP contribution in [0.5, 0.6) is 5.75 Å². The number of primary amides is 1. The Morgan fingerprint density at radius 3 is 2.04 bits per heavy atom. The SMILES string of the molecule is CC(CC(N)=O)(Oc1ccc(C(F)(F)F)cc1)c1ccccc1. The number of halogens is 3. The molecule has 0 bridgehead atoms. The maximum Gasteiger partial charge on any atom is 0.416 e. The van der Waals surface area contributed by atoms with E-state index < -0.39 is 23.2 Å². The molecular weight excluding hydrogens is 307 g/mol. The highest BCUT2D eigenvalue weighted by Crippen LogP contribution is 2.34. The van der Waals surface area contributed by atoms with Crippen molar-refractivity contribution in [2.24, 2.45) is 5.73 Å². The molecule has 2 N–H and O–H groups in total. The van der Waals surface area contributed by atoms with Gasteiger partial charge in [-0.1, -0.05) is 30.3 Å². The van der Waals surface area contributed by atoms with Crippen LogP contribution in [0.15, 0.2) is 54.6 Å². The van der Waals surface area contributed by atoms with Crippen LogP contribution in [0.4, 0.5) is 13.2 Å². The zero-order valence-electron chi connectivity index (χ0n) is 12.4. The number of nitrogens with two attached hydrogens (primary N) is 1. The fourth-order valence-electron chi connectivity index (χ4n) is 2.29. The van der Waals surface area contributed by atoms with E-state index in [9.17, 15) is 18.0 Å². The van der Waals surface area contributed by atoms with Gasteiger partial charge < -0.3 is 10.5 Å². The standard InChI is InChI=1S/C17H16F3NO2/c1-16(11-15(21)22,12-5-3-2-4-6-12)23-14-9-7-13(8-10-14)17(18,19)20/h2-10H,11H2,1H3,(H2,21,22). The lowest BCUT2D eigenvalue weighted by atomic mass is 9.92. The fraction of sp³-hybridized carbons (Fsp3) is 0.235. The Bertz CT molecular complexity index is 668. The minimum Gasteiger partial charge on any atom is -0.482 e. The Hall–Kier alpha value is -2.50. The molecule has 1 amide bonds. The molecule has 1 unspecified atom stereocenters. The molecule has 2 aromatic rings. The van der Waals surface area contributed by atoms with Crippen molar-refractivity contribution in [3.8, 4) is 5.75 Å². The minimum absolute atomic E-state index is 0.0992. The molecule has 2 rings (SSSR count). The van der Waals surface area contributed by atoms with E-state index in [0.29, 0.717) is 5.56 Å². The summed E-state index contributed by atoms with van der Waals surface area (Å²) in [6.45, 7) is 1.67. The van der Waals surface area contributed by atoms with E-state index in [1.165, 1.54) is 12.1 Å². The Kier molecular flexibility index (Phi) is 4.63. The van der Waals surface area contributed by atoms with E-state index in [2.05, 4.69) is 0 Å². The summed E-state index contributed by atoms with van der Waals surface area (Å²) < 4.78 is 43.6. The highest BCUT2D eigenvalue weighted by atomic mass is 19.4. The molecular formula is C17H16F3NO2. The topological polar surface area (TPSA) is 52.3 Å². The third kappa shape index (κ3) is 4.25. The number of amides is 1. The second-order valence-electron chi connectivity index (χ2n) is 5.36. The molecule has 0 radical (unpaired) electrons. The van der Waals surface area contributed by atoms with E-state index in [-0.39, 0.29) is 12.2 Å². The average Bonchev–Trinajstić information content (AvgIpc) is 2.47. The van der Waals surface area contributed by atoms with Gasteiger partial charge in [-0.3, -0.25) is 4.79 Å². The van der Waals surface area contributed by atoms with Crippen molar-refractivity contribution >= 4 is 5.91 Å². The molecule has 0 fully saturated rings. The molecule has 2 aromatic carbocycles. The van der Waals surface area contributed by atoms with E-state index >= 15 is 0 Å². The number of hydrogen-bond acceptors (Lipinski definition) is 2. The van der Waals surface area contributed by atoms with E-state index in [1.54, 1.807) is 31.2 Å². The Balaban J connectivity index is 2.30. The molecule has 6 heteroatoms. The quantitative estimate of drug-likeness (QED) is 0.908. The molecule has 0 heterocycles. The number of ether oxygens (including phenoxy) is 1. The van der Waals surface area contributed by atoms with Crippen molar-refractivity contribution in [2.75, 3.05) is 0 Å². The Labute approximate surface area is 131 Å². The Morgan fingerprint density at radius 2 is 1.57 bits per heavy atom. The summed E-state index contributed by atoms with van der Waals surface area (Å²) in [6.07, 6.45) is -4.51. The molecule has 1 atom stereocenters. The van der Waals surface area contributed by atoms with Gasteiger partial charge in [0, 0.05) is 0 Å². The molecule has 23 heavy (non-hydrogen) atoms. The number of rotatable bonds is 5. The number of hydrogen-bond donors (Lipinski definition) is 1. The summed E-state index contributed by atoms with van der Waals surface area (Å²) in [5, 5.41) is 0. The minimum atomic E-state index is -4.41. The second kappa shape index (κ2) is 6.32. The first-order chi connectivity index (χ1) is 10.7. The van der Waals surface area contributed by atoms with Crippen LogP contribution in [0.3, 0.4) is 0 Å². The fourth-order valence-corrected chi connectivity index (χ4v) is 2.29. The lowest BCUT2D eigenvalue weighted by Crippen LogP contribution is -2.34. The van der Waals surface area contributed by atoms with Crippen LogP contribution in [0.25, 0.3) is 0 Å². The summed E-state index contributed by atoms with van der Waals surface area (Å²) in [5.74, 6) is -0.339. The van der Waals surface area contributed by atoms with Crippen LogP contribution in [0.2, 0.25) is 0 Å². The Morgan fingerprint density at radius 1 is 1.00 bits per heavy atom. The van der Waals surface area contributed by atoms with Crippen LogP contribution in [-0.4, -0.2) is 5.91 Å². The second-order valence-corrected chi connectivity index (χ2v) is 5.36. The lowest BCUT2D eigenvalue weighted by Gasteiger charge is -2.30. The highest BCUT2D eigenvalue weighted by molar-refractivity contribution is 5.75. The first-order valence-corrected chi connectivity index (χ1v) is 6.91. The molecule has 0 aliphatic carbocycles. The van der Waals surface area contributed by atoms with Gasteiger partial charge in [0.2, 0.25) is 5.91 Å². The van der Waals surface area contributed by atoms with Crippen molar-refractivity contribution in [1.82, 2.24) is 0 Å². The van der Waals surface area contributed by atoms with Gasteiger partial charge in [0.05, 0.1) is 12.0 Å². The number of alkyl halides is 3. The van der Waals surface area contributed by atoms with Crippen molar-refractivity contribution in [3.05, 3.63) is 65.7 Å². The smallest absolute Gasteiger partial charge is 0.416 e. The van der Waals surface area contributed by atoms with Crippen molar-refractivity contribution < 1.29 is 22.7 Å². The predicted octanol–water partition coefficient (Wildman–Crippen LogP) is 3.88. The molecule has 0 saturated carbocycles. The average molecular weight is 323 g/mol. The molecule has 0 saturated heterocycles. The molecule has 0 spiro atoms. The maximum atomic E-state index is 12.6. The van der Waals surface area contributed by atoms with E-state index in [1.807, 2.05) is 6.07 Å². The first-order valence-electron chi connectivity index (χ1n) is 6.91. The highest BCUT2D eigenvalue weighted by Gasteiger charge is 2.33. The third-order valence-electron chi connectivity index (χ3n) is 3.42. The molecule has 3 nitrogen and oxygen atoms in total. The van der Waals surface area contributed by atoms with Gasteiger partial charge in [-0.05, 0) is 36.8 Å². The zero-order valence-corrected chi connectivity index (χ0v) is 12.4. The van der Waals surface area contributed by atoms with Crippen LogP contribution in [-0.2, 0) is 16.6 Å². The molecule has 0 aromatic heterocycles. The summed E-state index contributed by atoms with van der Waals surface area (Å²) in [7, 11) is 0.